The topological polar surface area (TPSA) is 67.8 Å². The monoisotopic (exact) mass is 277 g/mol. The lowest BCUT2D eigenvalue weighted by molar-refractivity contribution is 0.568. The molecule has 2 heterocycles. The molecule has 16 heavy (non-hydrogen) atoms. The van der Waals surface area contributed by atoms with E-state index in [-0.39, 0.29) is 0 Å². The van der Waals surface area contributed by atoms with Crippen LogP contribution in [-0.4, -0.2) is 9.97 Å². The van der Waals surface area contributed by atoms with Gasteiger partial charge < -0.3 is 15.1 Å². The van der Waals surface area contributed by atoms with Crippen LogP contribution < -0.4 is 5.73 Å². The lowest BCUT2D eigenvalue weighted by atomic mass is 10.3. The summed E-state index contributed by atoms with van der Waals surface area (Å²) in [6.07, 6.45) is 3.25. The van der Waals surface area contributed by atoms with Crippen LogP contribution in [0.15, 0.2) is 39.6 Å². The molecule has 0 fully saturated rings. The molecule has 0 spiro atoms. The molecule has 4 nitrogen and oxygen atoms in total. The number of benzene rings is 1. The summed E-state index contributed by atoms with van der Waals surface area (Å²) in [4.78, 5) is 7.63. The Balaban J connectivity index is 2.27. The van der Waals surface area contributed by atoms with Gasteiger partial charge in [0.25, 0.3) is 0 Å². The van der Waals surface area contributed by atoms with Gasteiger partial charge in [-0.25, -0.2) is 4.98 Å². The number of rotatable bonds is 1. The maximum absolute atomic E-state index is 5.89. The van der Waals surface area contributed by atoms with Crippen LogP contribution in [0, 0.1) is 0 Å². The van der Waals surface area contributed by atoms with Crippen molar-refractivity contribution in [1.29, 1.82) is 0 Å². The zero-order valence-corrected chi connectivity index (χ0v) is 9.78. The van der Waals surface area contributed by atoms with Crippen molar-refractivity contribution >= 4 is 32.7 Å². The number of halogens is 1. The van der Waals surface area contributed by atoms with Gasteiger partial charge in [-0.15, -0.1) is 0 Å². The summed E-state index contributed by atoms with van der Waals surface area (Å²) in [7, 11) is 0. The van der Waals surface area contributed by atoms with Crippen LogP contribution in [0.1, 0.15) is 0 Å². The van der Waals surface area contributed by atoms with Crippen molar-refractivity contribution in [2.75, 3.05) is 5.73 Å². The summed E-state index contributed by atoms with van der Waals surface area (Å²) < 4.78 is 5.95. The minimum atomic E-state index is 0.648. The zero-order valence-electron chi connectivity index (χ0n) is 8.20. The Morgan fingerprint density at radius 2 is 2.25 bits per heavy atom. The van der Waals surface area contributed by atoms with Gasteiger partial charge in [0.15, 0.2) is 0 Å². The highest BCUT2D eigenvalue weighted by molar-refractivity contribution is 9.10. The van der Waals surface area contributed by atoms with Gasteiger partial charge >= 0.3 is 0 Å². The molecule has 1 aromatic carbocycles. The maximum Gasteiger partial charge on any atom is 0.141 e. The van der Waals surface area contributed by atoms with E-state index in [9.17, 15) is 0 Å². The number of nitrogens with zero attached hydrogens (tertiary/aromatic N) is 1. The van der Waals surface area contributed by atoms with E-state index in [2.05, 4.69) is 25.9 Å². The van der Waals surface area contributed by atoms with Crippen LogP contribution in [0.5, 0.6) is 0 Å². The number of hydrogen-bond acceptors (Lipinski definition) is 3. The molecule has 0 aliphatic heterocycles. The molecule has 3 N–H and O–H groups in total. The van der Waals surface area contributed by atoms with Crippen LogP contribution in [0.4, 0.5) is 5.69 Å². The number of nitrogens with two attached hydrogens (primary N) is 1. The molecule has 3 rings (SSSR count). The van der Waals surface area contributed by atoms with Gasteiger partial charge in [-0.2, -0.15) is 0 Å². The highest BCUT2D eigenvalue weighted by Gasteiger charge is 2.09. The van der Waals surface area contributed by atoms with Crippen LogP contribution in [-0.2, 0) is 0 Å². The quantitative estimate of drug-likeness (QED) is 0.672. The second-order valence-corrected chi connectivity index (χ2v) is 4.40. The van der Waals surface area contributed by atoms with Gasteiger partial charge in [0.2, 0.25) is 0 Å². The molecule has 0 aliphatic rings. The van der Waals surface area contributed by atoms with E-state index >= 15 is 0 Å². The minimum Gasteiger partial charge on any atom is -0.472 e. The smallest absolute Gasteiger partial charge is 0.141 e. The standard InChI is InChI=1S/C11H8BrN3O/c12-7-3-8(13)10-9(4-7)14-11(15-10)6-1-2-16-5-6/h1-5H,13H2,(H,14,15). The van der Waals surface area contributed by atoms with Crippen LogP contribution in [0.3, 0.4) is 0 Å². The predicted octanol–water partition coefficient (Wildman–Crippen LogP) is 3.17. The third-order valence-electron chi connectivity index (χ3n) is 2.38. The SMILES string of the molecule is Nc1cc(Br)cc2[nH]c(-c3ccoc3)nc12. The van der Waals surface area contributed by atoms with Gasteiger partial charge in [0, 0.05) is 4.47 Å². The Labute approximate surface area is 99.6 Å². The molecule has 0 radical (unpaired) electrons. The van der Waals surface area contributed by atoms with Crippen molar-refractivity contribution in [1.82, 2.24) is 9.97 Å². The fourth-order valence-electron chi connectivity index (χ4n) is 1.64. The van der Waals surface area contributed by atoms with Crippen molar-refractivity contribution in [3.05, 3.63) is 35.2 Å². The van der Waals surface area contributed by atoms with Crippen molar-refractivity contribution in [2.45, 2.75) is 0 Å². The maximum atomic E-state index is 5.89. The lowest BCUT2D eigenvalue weighted by Crippen LogP contribution is -1.86. The first-order valence-corrected chi connectivity index (χ1v) is 5.50. The molecule has 80 valence electrons. The number of nitrogens with one attached hydrogen (secondary N) is 1. The Morgan fingerprint density at radius 1 is 1.38 bits per heavy atom. The van der Waals surface area contributed by atoms with Gasteiger partial charge in [-0.05, 0) is 18.2 Å². The van der Waals surface area contributed by atoms with E-state index in [0.717, 1.165) is 26.9 Å². The zero-order chi connectivity index (χ0) is 11.1. The van der Waals surface area contributed by atoms with Crippen molar-refractivity contribution in [3.63, 3.8) is 0 Å². The van der Waals surface area contributed by atoms with E-state index in [4.69, 9.17) is 10.2 Å². The average Bonchev–Trinajstić information content (AvgIpc) is 2.82. The number of fused-ring (bicyclic) bond motifs is 1. The molecule has 2 aromatic heterocycles. The number of furan rings is 1. The molecule has 0 bridgehead atoms. The molecule has 0 amide bonds. The summed E-state index contributed by atoms with van der Waals surface area (Å²) in [5, 5.41) is 0. The highest BCUT2D eigenvalue weighted by atomic mass is 79.9. The number of aromatic amines is 1. The summed E-state index contributed by atoms with van der Waals surface area (Å²) in [5.74, 6) is 0.758. The lowest BCUT2D eigenvalue weighted by Gasteiger charge is -1.94. The first-order valence-electron chi connectivity index (χ1n) is 4.71. The Bertz CT molecular complexity index is 643. The van der Waals surface area contributed by atoms with Gasteiger partial charge in [-0.1, -0.05) is 15.9 Å². The number of imidazole rings is 1. The molecule has 0 aliphatic carbocycles. The summed E-state index contributed by atoms with van der Waals surface area (Å²) in [6.45, 7) is 0. The fraction of sp³-hybridized carbons (Fsp3) is 0. The van der Waals surface area contributed by atoms with Crippen LogP contribution >= 0.6 is 15.9 Å². The molecule has 0 atom stereocenters. The third kappa shape index (κ3) is 1.40. The first kappa shape index (κ1) is 9.47. The third-order valence-corrected chi connectivity index (χ3v) is 2.83. The minimum absolute atomic E-state index is 0.648. The molecular formula is C11H8BrN3O. The Kier molecular flexibility index (Phi) is 2.00. The van der Waals surface area contributed by atoms with Crippen molar-refractivity contribution in [2.24, 2.45) is 0 Å². The number of H-pyrrole nitrogens is 1. The van der Waals surface area contributed by atoms with E-state index in [1.54, 1.807) is 12.5 Å². The van der Waals surface area contributed by atoms with E-state index in [1.807, 2.05) is 18.2 Å². The largest absolute Gasteiger partial charge is 0.472 e. The average molecular weight is 278 g/mol. The van der Waals surface area contributed by atoms with Crippen molar-refractivity contribution < 1.29 is 4.42 Å². The number of anilines is 1. The Morgan fingerprint density at radius 3 is 3.00 bits per heavy atom. The Hall–Kier alpha value is -1.75. The number of hydrogen-bond donors (Lipinski definition) is 2. The summed E-state index contributed by atoms with van der Waals surface area (Å²) in [6, 6.07) is 5.63. The first-order chi connectivity index (χ1) is 7.74. The molecule has 0 saturated carbocycles. The normalized spacial score (nSPS) is 11.1. The molecule has 5 heteroatoms. The molecule has 3 aromatic rings. The predicted molar refractivity (Wildman–Crippen MR) is 65.9 cm³/mol. The fourth-order valence-corrected chi connectivity index (χ4v) is 2.12. The van der Waals surface area contributed by atoms with E-state index in [1.165, 1.54) is 0 Å². The van der Waals surface area contributed by atoms with Gasteiger partial charge in [0.1, 0.15) is 17.6 Å². The second kappa shape index (κ2) is 3.38. The van der Waals surface area contributed by atoms with Gasteiger partial charge in [0.05, 0.1) is 23.0 Å². The van der Waals surface area contributed by atoms with E-state index in [0.29, 0.717) is 5.69 Å². The number of nitrogen functional groups attached to an aromatic ring is 1. The highest BCUT2D eigenvalue weighted by Crippen LogP contribution is 2.27. The number of aromatic nitrogens is 2. The second-order valence-electron chi connectivity index (χ2n) is 3.49. The van der Waals surface area contributed by atoms with Crippen molar-refractivity contribution in [3.8, 4) is 11.4 Å². The van der Waals surface area contributed by atoms with Gasteiger partial charge in [-0.3, -0.25) is 0 Å². The molecule has 0 saturated heterocycles. The molecule has 0 unspecified atom stereocenters. The summed E-state index contributed by atoms with van der Waals surface area (Å²) >= 11 is 3.39. The molecular weight excluding hydrogens is 270 g/mol. The van der Waals surface area contributed by atoms with E-state index < -0.39 is 0 Å². The van der Waals surface area contributed by atoms with Crippen LogP contribution in [0.2, 0.25) is 0 Å². The summed E-state index contributed by atoms with van der Waals surface area (Å²) in [5.41, 5.74) is 9.13. The van der Waals surface area contributed by atoms with Crippen LogP contribution in [0.25, 0.3) is 22.4 Å².